The molecule has 0 aliphatic heterocycles. The third-order valence-corrected chi connectivity index (χ3v) is 1.15. The van der Waals surface area contributed by atoms with E-state index in [0.717, 1.165) is 0 Å². The molecule has 0 nitrogen and oxygen atoms in total. The Morgan fingerprint density at radius 3 is 1.88 bits per heavy atom. The van der Waals surface area contributed by atoms with Crippen molar-refractivity contribution in [3.63, 3.8) is 0 Å². The first-order valence-corrected chi connectivity index (χ1v) is 2.87. The largest absolute Gasteiger partial charge is 0.181 e. The van der Waals surface area contributed by atoms with E-state index in [2.05, 4.69) is 6.07 Å². The molecule has 1 aromatic carbocycles. The lowest BCUT2D eigenvalue weighted by Crippen LogP contribution is -1.61. The molecule has 8 heavy (non-hydrogen) atoms. The summed E-state index contributed by atoms with van der Waals surface area (Å²) in [5.74, 6) is 0. The van der Waals surface area contributed by atoms with Crippen molar-refractivity contribution in [1.29, 1.82) is 0 Å². The summed E-state index contributed by atoms with van der Waals surface area (Å²) in [6, 6.07) is 7.75. The van der Waals surface area contributed by atoms with Gasteiger partial charge in [0.05, 0.1) is 0 Å². The van der Waals surface area contributed by atoms with E-state index < -0.39 is 0 Å². The monoisotopic (exact) mass is 145 g/mol. The van der Waals surface area contributed by atoms with Crippen molar-refractivity contribution in [3.05, 3.63) is 34.3 Å². The quantitative estimate of drug-likeness (QED) is 0.493. The fourth-order valence-corrected chi connectivity index (χ4v) is 0.833. The fraction of sp³-hybridized carbons (Fsp3) is 0. The van der Waals surface area contributed by atoms with Crippen LogP contribution >= 0.6 is 23.2 Å². The van der Waals surface area contributed by atoms with Gasteiger partial charge in [0.25, 0.3) is 0 Å². The molecule has 0 atom stereocenters. The van der Waals surface area contributed by atoms with E-state index >= 15 is 0 Å². The molecule has 0 unspecified atom stereocenters. The molecule has 42 valence electrons. The van der Waals surface area contributed by atoms with E-state index in [9.17, 15) is 0 Å². The Morgan fingerprint density at radius 2 is 1.62 bits per heavy atom. The Labute approximate surface area is 58.0 Å². The molecule has 0 heterocycles. The number of hydrogen-bond donors (Lipinski definition) is 0. The zero-order valence-corrected chi connectivity index (χ0v) is 5.50. The maximum atomic E-state index is 5.53. The number of rotatable bonds is 0. The van der Waals surface area contributed by atoms with E-state index in [1.54, 1.807) is 18.2 Å². The van der Waals surface area contributed by atoms with Gasteiger partial charge in [-0.05, 0) is 0 Å². The molecule has 0 bridgehead atoms. The zero-order valence-electron chi connectivity index (χ0n) is 3.99. The topological polar surface area (TPSA) is 0 Å². The third kappa shape index (κ3) is 1.39. The standard InChI is InChI=1S/C6H3Cl2/c7-5-2-1-3-6(8)4-5/h2-4H/q-1. The van der Waals surface area contributed by atoms with Crippen molar-refractivity contribution in [2.24, 2.45) is 0 Å². The number of halogens is 2. The van der Waals surface area contributed by atoms with Crippen molar-refractivity contribution >= 4 is 23.2 Å². The van der Waals surface area contributed by atoms with Crippen LogP contribution in [0.1, 0.15) is 0 Å². The van der Waals surface area contributed by atoms with Gasteiger partial charge in [0.2, 0.25) is 0 Å². The van der Waals surface area contributed by atoms with Crippen LogP contribution in [0.4, 0.5) is 0 Å². The lowest BCUT2D eigenvalue weighted by atomic mass is 10.4. The van der Waals surface area contributed by atoms with Crippen LogP contribution < -0.4 is 0 Å². The van der Waals surface area contributed by atoms with E-state index in [1.165, 1.54) is 0 Å². The normalized spacial score (nSPS) is 9.25. The zero-order chi connectivity index (χ0) is 5.98. The third-order valence-electron chi connectivity index (χ3n) is 0.718. The van der Waals surface area contributed by atoms with Gasteiger partial charge in [-0.1, -0.05) is 10.0 Å². The molecule has 0 radical (unpaired) electrons. The van der Waals surface area contributed by atoms with Crippen LogP contribution in [0.15, 0.2) is 18.2 Å². The Hall–Kier alpha value is -0.200. The highest BCUT2D eigenvalue weighted by Gasteiger charge is 1.74. The molecule has 1 rings (SSSR count). The molecule has 0 aliphatic carbocycles. The minimum Gasteiger partial charge on any atom is -0.181 e. The minimum absolute atomic E-state index is 0.623. The predicted molar refractivity (Wildman–Crippen MR) is 35.3 cm³/mol. The molecule has 0 fully saturated rings. The highest BCUT2D eigenvalue weighted by Crippen LogP contribution is 2.13. The average Bonchev–Trinajstić information content (AvgIpc) is 1.64. The molecule has 2 heteroatoms. The summed E-state index contributed by atoms with van der Waals surface area (Å²) in [5, 5.41) is 1.25. The molecular weight excluding hydrogens is 143 g/mol. The van der Waals surface area contributed by atoms with E-state index in [4.69, 9.17) is 23.2 Å². The van der Waals surface area contributed by atoms with Crippen LogP contribution in [0.2, 0.25) is 10.0 Å². The summed E-state index contributed by atoms with van der Waals surface area (Å²) in [5.41, 5.74) is 0. The average molecular weight is 146 g/mol. The van der Waals surface area contributed by atoms with Crippen LogP contribution in [0.3, 0.4) is 0 Å². The molecule has 0 N–H and O–H groups in total. The van der Waals surface area contributed by atoms with Crippen LogP contribution in [0.25, 0.3) is 0 Å². The molecule has 0 aliphatic rings. The van der Waals surface area contributed by atoms with E-state index in [-0.39, 0.29) is 0 Å². The minimum atomic E-state index is 0.623. The van der Waals surface area contributed by atoms with Crippen molar-refractivity contribution < 1.29 is 0 Å². The lowest BCUT2D eigenvalue weighted by molar-refractivity contribution is 1.69. The fourth-order valence-electron chi connectivity index (χ4n) is 0.416. The van der Waals surface area contributed by atoms with Gasteiger partial charge in [-0.15, -0.1) is 6.07 Å². The second-order valence-corrected chi connectivity index (χ2v) is 2.24. The smallest absolute Gasteiger partial charge is 0.0688 e. The van der Waals surface area contributed by atoms with Crippen LogP contribution in [0, 0.1) is 6.07 Å². The summed E-state index contributed by atoms with van der Waals surface area (Å²) < 4.78 is 0. The van der Waals surface area contributed by atoms with Gasteiger partial charge in [0.15, 0.2) is 0 Å². The maximum absolute atomic E-state index is 5.53. The van der Waals surface area contributed by atoms with Gasteiger partial charge in [0.1, 0.15) is 0 Å². The molecule has 0 aromatic heterocycles. The van der Waals surface area contributed by atoms with Crippen molar-refractivity contribution in [2.45, 2.75) is 0 Å². The second kappa shape index (κ2) is 2.38. The van der Waals surface area contributed by atoms with Crippen LogP contribution in [0.5, 0.6) is 0 Å². The molecule has 0 saturated carbocycles. The Bertz CT molecular complexity index is 166. The van der Waals surface area contributed by atoms with Crippen molar-refractivity contribution in [1.82, 2.24) is 0 Å². The molecule has 0 saturated heterocycles. The number of benzene rings is 1. The predicted octanol–water partition coefficient (Wildman–Crippen LogP) is 2.79. The van der Waals surface area contributed by atoms with Crippen LogP contribution in [-0.4, -0.2) is 0 Å². The summed E-state index contributed by atoms with van der Waals surface area (Å²) in [4.78, 5) is 0. The number of hydrogen-bond acceptors (Lipinski definition) is 0. The summed E-state index contributed by atoms with van der Waals surface area (Å²) in [6.45, 7) is 0. The molecular formula is C6H3Cl2-. The summed E-state index contributed by atoms with van der Waals surface area (Å²) in [6.07, 6.45) is 0. The van der Waals surface area contributed by atoms with Gasteiger partial charge >= 0.3 is 0 Å². The Kier molecular flexibility index (Phi) is 1.77. The maximum Gasteiger partial charge on any atom is -0.0688 e. The highest BCUT2D eigenvalue weighted by molar-refractivity contribution is 6.34. The van der Waals surface area contributed by atoms with Gasteiger partial charge in [-0.2, -0.15) is 41.4 Å². The molecule has 1 aromatic rings. The van der Waals surface area contributed by atoms with Crippen molar-refractivity contribution in [2.75, 3.05) is 0 Å². The lowest BCUT2D eigenvalue weighted by Gasteiger charge is -1.97. The molecule has 0 amide bonds. The van der Waals surface area contributed by atoms with E-state index in [0.29, 0.717) is 10.0 Å². The second-order valence-electron chi connectivity index (χ2n) is 1.37. The first-order chi connectivity index (χ1) is 3.79. The van der Waals surface area contributed by atoms with Crippen molar-refractivity contribution in [3.8, 4) is 0 Å². The highest BCUT2D eigenvalue weighted by atomic mass is 35.5. The van der Waals surface area contributed by atoms with Crippen LogP contribution in [-0.2, 0) is 0 Å². The van der Waals surface area contributed by atoms with Gasteiger partial charge < -0.3 is 0 Å². The Balaban J connectivity index is 3.08. The van der Waals surface area contributed by atoms with Gasteiger partial charge in [-0.3, -0.25) is 0 Å². The SMILES string of the molecule is Clc1c[c-]cc(Cl)c1. The first kappa shape index (κ1) is 5.93. The Morgan fingerprint density at radius 1 is 1.12 bits per heavy atom. The van der Waals surface area contributed by atoms with E-state index in [1.807, 2.05) is 0 Å². The first-order valence-electron chi connectivity index (χ1n) is 2.11. The summed E-state index contributed by atoms with van der Waals surface area (Å²) >= 11 is 11.1. The van der Waals surface area contributed by atoms with Gasteiger partial charge in [0, 0.05) is 0 Å². The van der Waals surface area contributed by atoms with Gasteiger partial charge in [-0.25, -0.2) is 0 Å². The summed E-state index contributed by atoms with van der Waals surface area (Å²) in [7, 11) is 0. The molecule has 0 spiro atoms.